The van der Waals surface area contributed by atoms with Gasteiger partial charge < -0.3 is 5.73 Å². The maximum absolute atomic E-state index is 5.47. The van der Waals surface area contributed by atoms with E-state index in [0.29, 0.717) is 0 Å². The van der Waals surface area contributed by atoms with Gasteiger partial charge in [-0.1, -0.05) is 76.9 Å². The topological polar surface area (TPSA) is 26.0 Å². The predicted octanol–water partition coefficient (Wildman–Crippen LogP) is 5.98. The van der Waals surface area contributed by atoms with Crippen LogP contribution in [0.4, 0.5) is 0 Å². The number of rotatable bonds is 15. The number of hydrogen-bond donors (Lipinski definition) is 1. The molecule has 0 saturated heterocycles. The second-order valence-corrected chi connectivity index (χ2v) is 5.73. The van der Waals surface area contributed by atoms with E-state index in [0.717, 1.165) is 6.54 Å². The minimum absolute atomic E-state index is 0. The van der Waals surface area contributed by atoms with Gasteiger partial charge in [0.1, 0.15) is 0 Å². The van der Waals surface area contributed by atoms with Crippen LogP contribution in [0, 0.1) is 0 Å². The summed E-state index contributed by atoms with van der Waals surface area (Å²) in [6.45, 7) is 3.14. The van der Waals surface area contributed by atoms with Gasteiger partial charge in [0, 0.05) is 27.3 Å². The average molecular weight is 380 g/mol. The summed E-state index contributed by atoms with van der Waals surface area (Å²) in [6.07, 6.45) is 23.9. The van der Waals surface area contributed by atoms with E-state index in [9.17, 15) is 0 Å². The fourth-order valence-electron chi connectivity index (χ4n) is 2.39. The van der Waals surface area contributed by atoms with Crippen LogP contribution < -0.4 is 5.73 Å². The molecule has 0 spiro atoms. The third kappa shape index (κ3) is 20.9. The number of unbranched alkanes of at least 4 members (excludes halogenated alkanes) is 12. The van der Waals surface area contributed by atoms with Crippen molar-refractivity contribution < 1.29 is 27.3 Å². The quantitative estimate of drug-likeness (QED) is 0.211. The van der Waals surface area contributed by atoms with E-state index in [-0.39, 0.29) is 27.3 Å². The first kappa shape index (κ1) is 22.9. The van der Waals surface area contributed by atoms with Crippen molar-refractivity contribution in [2.24, 2.45) is 5.73 Å². The Morgan fingerprint density at radius 1 is 0.600 bits per heavy atom. The Morgan fingerprint density at radius 3 is 1.45 bits per heavy atom. The summed E-state index contributed by atoms with van der Waals surface area (Å²) in [5.41, 5.74) is 5.47. The fraction of sp³-hybridized carbons (Fsp3) is 0.889. The Hall–Kier alpha value is 0.622. The summed E-state index contributed by atoms with van der Waals surface area (Å²) < 4.78 is 0. The summed E-state index contributed by atoms with van der Waals surface area (Å²) in [5.74, 6) is 0. The van der Waals surface area contributed by atoms with Crippen LogP contribution in [0.2, 0.25) is 0 Å². The molecule has 1 nitrogen and oxygen atoms in total. The van der Waals surface area contributed by atoms with Crippen LogP contribution >= 0.6 is 0 Å². The van der Waals surface area contributed by atoms with Gasteiger partial charge in [0.2, 0.25) is 0 Å². The van der Waals surface area contributed by atoms with Gasteiger partial charge in [0.15, 0.2) is 0 Å². The van der Waals surface area contributed by atoms with Crippen LogP contribution in [0.3, 0.4) is 0 Å². The monoisotopic (exact) mass is 381 g/mol. The van der Waals surface area contributed by atoms with Gasteiger partial charge in [0.05, 0.1) is 0 Å². The standard InChI is InChI=1S/C18H37N.Cd/c1-2-3-4-5-6-7-8-9-10-11-12-13-14-15-16-17-18-19;/h9-10H,2-8,11-19H2,1H3;/b10-9-;. The molecule has 0 atom stereocenters. The van der Waals surface area contributed by atoms with E-state index in [1.807, 2.05) is 0 Å². The Balaban J connectivity index is 0. The molecule has 0 fully saturated rings. The molecular formula is C18H37CdN. The van der Waals surface area contributed by atoms with E-state index in [1.165, 1.54) is 89.9 Å². The van der Waals surface area contributed by atoms with Crippen molar-refractivity contribution in [3.8, 4) is 0 Å². The second kappa shape index (κ2) is 21.9. The zero-order valence-electron chi connectivity index (χ0n) is 14.0. The van der Waals surface area contributed by atoms with Gasteiger partial charge in [-0.2, -0.15) is 0 Å². The van der Waals surface area contributed by atoms with Crippen LogP contribution in [-0.4, -0.2) is 6.54 Å². The number of nitrogens with two attached hydrogens (primary N) is 1. The number of allylic oxidation sites excluding steroid dienone is 2. The van der Waals surface area contributed by atoms with Crippen molar-refractivity contribution in [1.29, 1.82) is 0 Å². The molecule has 0 aliphatic carbocycles. The molecule has 2 N–H and O–H groups in total. The summed E-state index contributed by atoms with van der Waals surface area (Å²) in [6, 6.07) is 0. The molecule has 20 heavy (non-hydrogen) atoms. The van der Waals surface area contributed by atoms with E-state index in [1.54, 1.807) is 0 Å². The van der Waals surface area contributed by atoms with Crippen molar-refractivity contribution in [3.63, 3.8) is 0 Å². The Kier molecular flexibility index (Phi) is 25.1. The smallest absolute Gasteiger partial charge is 0 e. The Labute approximate surface area is 148 Å². The molecule has 0 bridgehead atoms. The van der Waals surface area contributed by atoms with E-state index in [2.05, 4.69) is 19.1 Å². The zero-order valence-corrected chi connectivity index (χ0v) is 18.1. The summed E-state index contributed by atoms with van der Waals surface area (Å²) >= 11 is 0. The van der Waals surface area contributed by atoms with Crippen LogP contribution in [0.15, 0.2) is 12.2 Å². The first-order valence-electron chi connectivity index (χ1n) is 8.77. The van der Waals surface area contributed by atoms with Gasteiger partial charge in [-0.3, -0.25) is 0 Å². The molecule has 0 aromatic rings. The van der Waals surface area contributed by atoms with Gasteiger partial charge in [-0.15, -0.1) is 0 Å². The molecule has 0 aliphatic rings. The van der Waals surface area contributed by atoms with Crippen molar-refractivity contribution in [2.45, 2.75) is 96.8 Å². The number of hydrogen-bond acceptors (Lipinski definition) is 1. The molecule has 0 aliphatic heterocycles. The van der Waals surface area contributed by atoms with Gasteiger partial charge in [-0.25, -0.2) is 0 Å². The van der Waals surface area contributed by atoms with E-state index < -0.39 is 0 Å². The average Bonchev–Trinajstić information content (AvgIpc) is 2.43. The Morgan fingerprint density at radius 2 is 1.00 bits per heavy atom. The molecule has 0 aromatic heterocycles. The summed E-state index contributed by atoms with van der Waals surface area (Å²) in [4.78, 5) is 0. The van der Waals surface area contributed by atoms with Crippen molar-refractivity contribution in [1.82, 2.24) is 0 Å². The van der Waals surface area contributed by atoms with E-state index >= 15 is 0 Å². The maximum atomic E-state index is 5.47. The first-order valence-corrected chi connectivity index (χ1v) is 8.77. The molecule has 2 heteroatoms. The molecule has 0 aromatic carbocycles. The van der Waals surface area contributed by atoms with E-state index in [4.69, 9.17) is 5.73 Å². The van der Waals surface area contributed by atoms with Crippen LogP contribution in [0.1, 0.15) is 96.8 Å². The molecule has 0 rings (SSSR count). The van der Waals surface area contributed by atoms with Crippen LogP contribution in [-0.2, 0) is 27.3 Å². The van der Waals surface area contributed by atoms with Gasteiger partial charge >= 0.3 is 0 Å². The van der Waals surface area contributed by atoms with Gasteiger partial charge in [0.25, 0.3) is 0 Å². The largest absolute Gasteiger partial charge is 0.330 e. The summed E-state index contributed by atoms with van der Waals surface area (Å²) in [5, 5.41) is 0. The molecule has 0 saturated carbocycles. The SMILES string of the molecule is CCCCCCCC/C=C\CCCCCCCCN.[Cd]. The third-order valence-corrected chi connectivity index (χ3v) is 3.72. The second-order valence-electron chi connectivity index (χ2n) is 5.73. The van der Waals surface area contributed by atoms with Gasteiger partial charge in [-0.05, 0) is 38.6 Å². The predicted molar refractivity (Wildman–Crippen MR) is 88.5 cm³/mol. The maximum Gasteiger partial charge on any atom is 0 e. The molecular weight excluding hydrogens is 343 g/mol. The molecule has 0 heterocycles. The van der Waals surface area contributed by atoms with Crippen molar-refractivity contribution >= 4 is 0 Å². The normalized spacial score (nSPS) is 10.9. The summed E-state index contributed by atoms with van der Waals surface area (Å²) in [7, 11) is 0. The zero-order chi connectivity index (χ0) is 14.0. The molecule has 0 unspecified atom stereocenters. The molecule has 0 radical (unpaired) electrons. The minimum atomic E-state index is 0. The Bertz CT molecular complexity index is 180. The first-order chi connectivity index (χ1) is 9.41. The fourth-order valence-corrected chi connectivity index (χ4v) is 2.39. The molecule has 116 valence electrons. The van der Waals surface area contributed by atoms with Crippen LogP contribution in [0.25, 0.3) is 0 Å². The van der Waals surface area contributed by atoms with Crippen molar-refractivity contribution in [3.05, 3.63) is 12.2 Å². The van der Waals surface area contributed by atoms with Crippen LogP contribution in [0.5, 0.6) is 0 Å². The molecule has 0 amide bonds. The third-order valence-electron chi connectivity index (χ3n) is 3.72. The minimum Gasteiger partial charge on any atom is -0.330 e. The van der Waals surface area contributed by atoms with Crippen molar-refractivity contribution in [2.75, 3.05) is 6.54 Å².